The van der Waals surface area contributed by atoms with Gasteiger partial charge < -0.3 is 9.73 Å². The van der Waals surface area contributed by atoms with Crippen LogP contribution in [0, 0.1) is 0 Å². The zero-order valence-corrected chi connectivity index (χ0v) is 11.5. The Labute approximate surface area is 117 Å². The van der Waals surface area contributed by atoms with Crippen LogP contribution in [0.5, 0.6) is 0 Å². The maximum Gasteiger partial charge on any atom is 0.172 e. The number of rotatable bonds is 1. The van der Waals surface area contributed by atoms with E-state index in [2.05, 4.69) is 43.4 Å². The molecule has 0 aliphatic carbocycles. The number of aromatic nitrogens is 2. The lowest BCUT2D eigenvalue weighted by Gasteiger charge is -2.06. The van der Waals surface area contributed by atoms with Crippen molar-refractivity contribution in [3.05, 3.63) is 46.8 Å². The van der Waals surface area contributed by atoms with E-state index >= 15 is 0 Å². The number of furan rings is 1. The van der Waals surface area contributed by atoms with Crippen LogP contribution < -0.4 is 5.32 Å². The van der Waals surface area contributed by atoms with E-state index in [4.69, 9.17) is 4.42 Å². The molecule has 0 saturated heterocycles. The second-order valence-electron chi connectivity index (χ2n) is 4.50. The number of hydrogen-bond acceptors (Lipinski definition) is 4. The second-order valence-corrected chi connectivity index (χ2v) is 5.41. The number of nitrogens with one attached hydrogen (secondary N) is 1. The van der Waals surface area contributed by atoms with E-state index in [9.17, 15) is 0 Å². The van der Waals surface area contributed by atoms with Crippen molar-refractivity contribution in [3.63, 3.8) is 0 Å². The van der Waals surface area contributed by atoms with Gasteiger partial charge in [-0.15, -0.1) is 0 Å². The predicted octanol–water partition coefficient (Wildman–Crippen LogP) is 3.34. The van der Waals surface area contributed by atoms with Crippen LogP contribution in [0.2, 0.25) is 0 Å². The third kappa shape index (κ3) is 1.77. The van der Waals surface area contributed by atoms with E-state index in [1.165, 1.54) is 0 Å². The highest BCUT2D eigenvalue weighted by molar-refractivity contribution is 9.10. The van der Waals surface area contributed by atoms with E-state index in [0.29, 0.717) is 0 Å². The highest BCUT2D eigenvalue weighted by Crippen LogP contribution is 2.30. The van der Waals surface area contributed by atoms with Crippen LogP contribution in [0.4, 0.5) is 0 Å². The molecule has 4 rings (SSSR count). The smallest absolute Gasteiger partial charge is 0.172 e. The van der Waals surface area contributed by atoms with Crippen LogP contribution in [-0.2, 0) is 0 Å². The molecule has 3 aromatic rings. The molecule has 0 unspecified atom stereocenters. The summed E-state index contributed by atoms with van der Waals surface area (Å²) in [5.41, 5.74) is 2.42. The minimum Gasteiger partial charge on any atom is -0.453 e. The molecule has 0 fully saturated rings. The van der Waals surface area contributed by atoms with Crippen molar-refractivity contribution < 1.29 is 4.42 Å². The fourth-order valence-corrected chi connectivity index (χ4v) is 2.70. The lowest BCUT2D eigenvalue weighted by atomic mass is 10.2. The monoisotopic (exact) mass is 315 g/mol. The van der Waals surface area contributed by atoms with Crippen molar-refractivity contribution in [2.24, 2.45) is 0 Å². The Kier molecular flexibility index (Phi) is 2.43. The Morgan fingerprint density at radius 3 is 3.11 bits per heavy atom. The minimum absolute atomic E-state index is 0.0986. The summed E-state index contributed by atoms with van der Waals surface area (Å²) >= 11 is 3.48. The third-order valence-electron chi connectivity index (χ3n) is 3.25. The summed E-state index contributed by atoms with van der Waals surface area (Å²) in [6.45, 7) is 0.865. The van der Waals surface area contributed by atoms with Gasteiger partial charge in [-0.05, 0) is 18.2 Å². The average Bonchev–Trinajstić information content (AvgIpc) is 3.05. The molecule has 3 heterocycles. The molecular formula is C14H10BrN3O. The molecule has 19 heavy (non-hydrogen) atoms. The van der Waals surface area contributed by atoms with Gasteiger partial charge in [-0.3, -0.25) is 0 Å². The van der Waals surface area contributed by atoms with Gasteiger partial charge in [0.1, 0.15) is 16.9 Å². The van der Waals surface area contributed by atoms with Gasteiger partial charge in [-0.2, -0.15) is 0 Å². The van der Waals surface area contributed by atoms with Gasteiger partial charge in [0, 0.05) is 16.4 Å². The molecule has 5 heteroatoms. The second kappa shape index (κ2) is 4.15. The molecule has 0 saturated carbocycles. The van der Waals surface area contributed by atoms with Crippen LogP contribution >= 0.6 is 15.9 Å². The van der Waals surface area contributed by atoms with Gasteiger partial charge in [0.05, 0.1) is 12.2 Å². The maximum atomic E-state index is 5.74. The molecular weight excluding hydrogens is 306 g/mol. The number of fused-ring (bicyclic) bond motifs is 3. The zero-order valence-electron chi connectivity index (χ0n) is 9.93. The molecule has 4 nitrogen and oxygen atoms in total. The summed E-state index contributed by atoms with van der Waals surface area (Å²) in [5, 5.41) is 4.32. The van der Waals surface area contributed by atoms with Crippen LogP contribution in [0.15, 0.2) is 45.4 Å². The van der Waals surface area contributed by atoms with Crippen molar-refractivity contribution >= 4 is 38.0 Å². The molecule has 1 N–H and O–H groups in total. The van der Waals surface area contributed by atoms with Crippen LogP contribution in [-0.4, -0.2) is 16.5 Å². The molecule has 94 valence electrons. The summed E-state index contributed by atoms with van der Waals surface area (Å²) in [4.78, 5) is 9.02. The van der Waals surface area contributed by atoms with Crippen molar-refractivity contribution in [1.82, 2.24) is 15.3 Å². The largest absolute Gasteiger partial charge is 0.453 e. The van der Waals surface area contributed by atoms with Crippen molar-refractivity contribution in [2.75, 3.05) is 6.54 Å². The van der Waals surface area contributed by atoms with E-state index in [0.717, 1.165) is 38.9 Å². The quantitative estimate of drug-likeness (QED) is 0.700. The van der Waals surface area contributed by atoms with E-state index in [1.807, 2.05) is 18.2 Å². The molecule has 1 atom stereocenters. The molecule has 0 spiro atoms. The molecule has 0 amide bonds. The molecule has 1 aliphatic heterocycles. The summed E-state index contributed by atoms with van der Waals surface area (Å²) in [7, 11) is 0. The maximum absolute atomic E-state index is 5.74. The Balaban J connectivity index is 1.98. The summed E-state index contributed by atoms with van der Waals surface area (Å²) in [6, 6.07) is 6.02. The zero-order chi connectivity index (χ0) is 12.8. The Hall–Kier alpha value is -1.72. The highest BCUT2D eigenvalue weighted by atomic mass is 79.9. The Morgan fingerprint density at radius 2 is 2.26 bits per heavy atom. The minimum atomic E-state index is 0.0986. The van der Waals surface area contributed by atoms with Gasteiger partial charge >= 0.3 is 0 Å². The van der Waals surface area contributed by atoms with Gasteiger partial charge in [-0.25, -0.2) is 9.97 Å². The Morgan fingerprint density at radius 1 is 1.32 bits per heavy atom. The lowest BCUT2D eigenvalue weighted by Crippen LogP contribution is -2.16. The van der Waals surface area contributed by atoms with Gasteiger partial charge in [-0.1, -0.05) is 28.1 Å². The normalized spacial score (nSPS) is 18.7. The van der Waals surface area contributed by atoms with Crippen LogP contribution in [0.3, 0.4) is 0 Å². The first kappa shape index (κ1) is 11.1. The van der Waals surface area contributed by atoms with Crippen molar-refractivity contribution in [3.8, 4) is 0 Å². The van der Waals surface area contributed by atoms with Gasteiger partial charge in [0.15, 0.2) is 5.58 Å². The van der Waals surface area contributed by atoms with E-state index in [-0.39, 0.29) is 6.04 Å². The number of hydrogen-bond donors (Lipinski definition) is 1. The SMILES string of the molecule is Brc1ccc2oc3cnc([C@@H]4C=CCN4)nc3c2c1. The van der Waals surface area contributed by atoms with E-state index < -0.39 is 0 Å². The van der Waals surface area contributed by atoms with E-state index in [1.54, 1.807) is 6.20 Å². The van der Waals surface area contributed by atoms with Crippen molar-refractivity contribution in [1.29, 1.82) is 0 Å². The molecule has 1 aliphatic rings. The van der Waals surface area contributed by atoms with Crippen LogP contribution in [0.1, 0.15) is 11.9 Å². The lowest BCUT2D eigenvalue weighted by molar-refractivity contribution is 0.651. The van der Waals surface area contributed by atoms with Crippen LogP contribution in [0.25, 0.3) is 22.1 Å². The predicted molar refractivity (Wildman–Crippen MR) is 76.9 cm³/mol. The third-order valence-corrected chi connectivity index (χ3v) is 3.75. The first-order chi connectivity index (χ1) is 9.31. The molecule has 0 bridgehead atoms. The average molecular weight is 316 g/mol. The number of benzene rings is 1. The summed E-state index contributed by atoms with van der Waals surface area (Å²) in [6.07, 6.45) is 5.92. The fourth-order valence-electron chi connectivity index (χ4n) is 2.34. The first-order valence-electron chi connectivity index (χ1n) is 6.06. The number of halogens is 1. The standard InChI is InChI=1S/C14H10BrN3O/c15-8-3-4-11-9(6-8)13-12(19-11)7-17-14(18-13)10-2-1-5-16-10/h1-4,6-7,10,16H,5H2/t10-/m0/s1. The van der Waals surface area contributed by atoms with Crippen molar-refractivity contribution in [2.45, 2.75) is 6.04 Å². The summed E-state index contributed by atoms with van der Waals surface area (Å²) < 4.78 is 6.76. The molecule has 1 aromatic carbocycles. The highest BCUT2D eigenvalue weighted by Gasteiger charge is 2.16. The summed E-state index contributed by atoms with van der Waals surface area (Å²) in [5.74, 6) is 0.781. The number of nitrogens with zero attached hydrogens (tertiary/aromatic N) is 2. The topological polar surface area (TPSA) is 51.0 Å². The Bertz CT molecular complexity index is 809. The van der Waals surface area contributed by atoms with Gasteiger partial charge in [0.25, 0.3) is 0 Å². The molecule has 2 aromatic heterocycles. The first-order valence-corrected chi connectivity index (χ1v) is 6.85. The molecule has 0 radical (unpaired) electrons. The fraction of sp³-hybridized carbons (Fsp3) is 0.143. The van der Waals surface area contributed by atoms with Gasteiger partial charge in [0.2, 0.25) is 0 Å².